The summed E-state index contributed by atoms with van der Waals surface area (Å²) in [5.41, 5.74) is 3.23. The molecule has 0 atom stereocenters. The highest BCUT2D eigenvalue weighted by molar-refractivity contribution is 5.59. The number of benzene rings is 1. The van der Waals surface area contributed by atoms with E-state index in [2.05, 4.69) is 56.0 Å². The van der Waals surface area contributed by atoms with E-state index in [4.69, 9.17) is 4.52 Å². The molecule has 1 aliphatic heterocycles. The van der Waals surface area contributed by atoms with E-state index >= 15 is 0 Å². The van der Waals surface area contributed by atoms with Crippen LogP contribution >= 0.6 is 0 Å². The number of hydrogen-bond donors (Lipinski definition) is 0. The van der Waals surface area contributed by atoms with Gasteiger partial charge >= 0.3 is 0 Å². The zero-order chi connectivity index (χ0) is 16.8. The summed E-state index contributed by atoms with van der Waals surface area (Å²) in [5, 5.41) is 13.0. The summed E-state index contributed by atoms with van der Waals surface area (Å²) >= 11 is 0. The van der Waals surface area contributed by atoms with Crippen LogP contribution in [-0.4, -0.2) is 31.4 Å². The quantitative estimate of drug-likeness (QED) is 0.733. The van der Waals surface area contributed by atoms with Gasteiger partial charge in [0.05, 0.1) is 13.1 Å². The van der Waals surface area contributed by atoms with Crippen molar-refractivity contribution in [2.75, 3.05) is 6.54 Å². The second kappa shape index (κ2) is 5.81. The molecule has 0 N–H and O–H groups in total. The molecule has 1 saturated carbocycles. The first-order chi connectivity index (χ1) is 12.3. The van der Waals surface area contributed by atoms with Crippen LogP contribution in [0.3, 0.4) is 0 Å². The lowest BCUT2D eigenvalue weighted by Gasteiger charge is -2.26. The first-order valence-electron chi connectivity index (χ1n) is 8.93. The maximum absolute atomic E-state index is 5.56. The fourth-order valence-corrected chi connectivity index (χ4v) is 3.48. The highest BCUT2D eigenvalue weighted by Crippen LogP contribution is 2.39. The summed E-state index contributed by atoms with van der Waals surface area (Å²) in [5.74, 6) is 3.81. The standard InChI is InChI=1S/C19H21N5O/c1-13-2-4-14(5-3-13)17-10-16(25-22-17)11-23-8-9-24-18(12-23)20-21-19(24)15-6-7-15/h2-5,10,15H,6-9,11-12H2,1H3. The Labute approximate surface area is 146 Å². The summed E-state index contributed by atoms with van der Waals surface area (Å²) in [6, 6.07) is 10.4. The van der Waals surface area contributed by atoms with Gasteiger partial charge in [-0.1, -0.05) is 35.0 Å². The fourth-order valence-electron chi connectivity index (χ4n) is 3.48. The normalized spacial score (nSPS) is 17.6. The molecule has 3 aromatic rings. The van der Waals surface area contributed by atoms with Crippen molar-refractivity contribution in [3.63, 3.8) is 0 Å². The molecule has 2 aliphatic rings. The zero-order valence-corrected chi connectivity index (χ0v) is 14.4. The van der Waals surface area contributed by atoms with E-state index in [0.29, 0.717) is 5.92 Å². The zero-order valence-electron chi connectivity index (χ0n) is 14.4. The topological polar surface area (TPSA) is 60.0 Å². The van der Waals surface area contributed by atoms with Gasteiger partial charge in [-0.25, -0.2) is 0 Å². The van der Waals surface area contributed by atoms with Gasteiger partial charge in [0.2, 0.25) is 0 Å². The molecule has 0 amide bonds. The van der Waals surface area contributed by atoms with E-state index in [9.17, 15) is 0 Å². The van der Waals surface area contributed by atoms with E-state index in [1.165, 1.54) is 24.2 Å². The molecule has 1 aromatic carbocycles. The van der Waals surface area contributed by atoms with Crippen molar-refractivity contribution in [1.29, 1.82) is 0 Å². The summed E-state index contributed by atoms with van der Waals surface area (Å²) < 4.78 is 7.87. The lowest BCUT2D eigenvalue weighted by atomic mass is 10.1. The molecule has 1 fully saturated rings. The van der Waals surface area contributed by atoms with E-state index in [0.717, 1.165) is 49.0 Å². The Morgan fingerprint density at radius 2 is 1.96 bits per heavy atom. The number of nitrogens with zero attached hydrogens (tertiary/aromatic N) is 5. The average Bonchev–Trinajstić information content (AvgIpc) is 3.21. The summed E-state index contributed by atoms with van der Waals surface area (Å²) in [6.45, 7) is 5.62. The largest absolute Gasteiger partial charge is 0.359 e. The average molecular weight is 335 g/mol. The molecule has 128 valence electrons. The third-order valence-electron chi connectivity index (χ3n) is 5.09. The van der Waals surface area contributed by atoms with Crippen molar-refractivity contribution < 1.29 is 4.52 Å². The number of aromatic nitrogens is 4. The lowest BCUT2D eigenvalue weighted by Crippen LogP contribution is -2.33. The van der Waals surface area contributed by atoms with Gasteiger partial charge in [0.1, 0.15) is 17.3 Å². The number of aryl methyl sites for hydroxylation is 1. The number of rotatable bonds is 4. The van der Waals surface area contributed by atoms with E-state index in [1.807, 2.05) is 6.07 Å². The molecule has 0 spiro atoms. The SMILES string of the molecule is Cc1ccc(-c2cc(CN3CCn4c(nnc4C4CC4)C3)on2)cc1. The molecule has 3 heterocycles. The van der Waals surface area contributed by atoms with E-state index in [1.54, 1.807) is 0 Å². The minimum absolute atomic E-state index is 0.652. The third-order valence-corrected chi connectivity index (χ3v) is 5.09. The second-order valence-electron chi connectivity index (χ2n) is 7.16. The van der Waals surface area contributed by atoms with Crippen LogP contribution in [0.15, 0.2) is 34.9 Å². The lowest BCUT2D eigenvalue weighted by molar-refractivity contribution is 0.185. The molecule has 1 aliphatic carbocycles. The smallest absolute Gasteiger partial charge is 0.151 e. The Morgan fingerprint density at radius 3 is 2.76 bits per heavy atom. The maximum Gasteiger partial charge on any atom is 0.151 e. The van der Waals surface area contributed by atoms with Crippen molar-refractivity contribution in [2.24, 2.45) is 0 Å². The Hall–Kier alpha value is -2.47. The molecule has 5 rings (SSSR count). The van der Waals surface area contributed by atoms with Crippen LogP contribution < -0.4 is 0 Å². The van der Waals surface area contributed by atoms with Gasteiger partial charge in [-0.15, -0.1) is 10.2 Å². The molecule has 6 nitrogen and oxygen atoms in total. The molecular formula is C19H21N5O. The van der Waals surface area contributed by atoms with Gasteiger partial charge in [0, 0.05) is 30.6 Å². The van der Waals surface area contributed by atoms with Crippen LogP contribution in [0.25, 0.3) is 11.3 Å². The molecule has 25 heavy (non-hydrogen) atoms. The highest BCUT2D eigenvalue weighted by Gasteiger charge is 2.32. The number of fused-ring (bicyclic) bond motifs is 1. The molecule has 0 unspecified atom stereocenters. The van der Waals surface area contributed by atoms with Crippen LogP contribution in [-0.2, 0) is 19.6 Å². The van der Waals surface area contributed by atoms with Crippen molar-refractivity contribution >= 4 is 0 Å². The first-order valence-corrected chi connectivity index (χ1v) is 8.93. The van der Waals surface area contributed by atoms with E-state index in [-0.39, 0.29) is 0 Å². The van der Waals surface area contributed by atoms with Crippen LogP contribution in [0, 0.1) is 6.92 Å². The molecule has 2 aromatic heterocycles. The Kier molecular flexibility index (Phi) is 3.45. The van der Waals surface area contributed by atoms with Gasteiger partial charge in [-0.2, -0.15) is 0 Å². The second-order valence-corrected chi connectivity index (χ2v) is 7.16. The summed E-state index contributed by atoms with van der Waals surface area (Å²) in [4.78, 5) is 2.35. The van der Waals surface area contributed by atoms with Crippen molar-refractivity contribution in [3.8, 4) is 11.3 Å². The molecule has 6 heteroatoms. The van der Waals surface area contributed by atoms with Gasteiger partial charge < -0.3 is 9.09 Å². The Balaban J connectivity index is 1.29. The Bertz CT molecular complexity index is 891. The molecule has 0 radical (unpaired) electrons. The highest BCUT2D eigenvalue weighted by atomic mass is 16.5. The summed E-state index contributed by atoms with van der Waals surface area (Å²) in [6.07, 6.45) is 2.53. The van der Waals surface area contributed by atoms with Crippen LogP contribution in [0.1, 0.15) is 41.7 Å². The Morgan fingerprint density at radius 1 is 1.12 bits per heavy atom. The van der Waals surface area contributed by atoms with Gasteiger partial charge in [-0.05, 0) is 19.8 Å². The minimum Gasteiger partial charge on any atom is -0.359 e. The van der Waals surface area contributed by atoms with E-state index < -0.39 is 0 Å². The van der Waals surface area contributed by atoms with Gasteiger partial charge in [0.15, 0.2) is 5.76 Å². The maximum atomic E-state index is 5.56. The molecule has 0 bridgehead atoms. The summed E-state index contributed by atoms with van der Waals surface area (Å²) in [7, 11) is 0. The van der Waals surface area contributed by atoms with Crippen LogP contribution in [0.5, 0.6) is 0 Å². The molecule has 0 saturated heterocycles. The first kappa shape index (κ1) is 14.8. The van der Waals surface area contributed by atoms with Gasteiger partial charge in [-0.3, -0.25) is 4.90 Å². The third kappa shape index (κ3) is 2.87. The van der Waals surface area contributed by atoms with Crippen molar-refractivity contribution in [2.45, 2.75) is 45.3 Å². The van der Waals surface area contributed by atoms with Crippen molar-refractivity contribution in [3.05, 3.63) is 53.3 Å². The number of hydrogen-bond acceptors (Lipinski definition) is 5. The molecular weight excluding hydrogens is 314 g/mol. The van der Waals surface area contributed by atoms with Gasteiger partial charge in [0.25, 0.3) is 0 Å². The van der Waals surface area contributed by atoms with Crippen molar-refractivity contribution in [1.82, 2.24) is 24.8 Å². The predicted octanol–water partition coefficient (Wildman–Crippen LogP) is 3.13. The predicted molar refractivity (Wildman–Crippen MR) is 92.8 cm³/mol. The fraction of sp³-hybridized carbons (Fsp3) is 0.421. The van der Waals surface area contributed by atoms with Crippen LogP contribution in [0.4, 0.5) is 0 Å². The minimum atomic E-state index is 0.652. The monoisotopic (exact) mass is 335 g/mol. The van der Waals surface area contributed by atoms with Crippen LogP contribution in [0.2, 0.25) is 0 Å².